The van der Waals surface area contributed by atoms with Crippen molar-refractivity contribution in [1.82, 2.24) is 4.84 Å². The second-order valence-corrected chi connectivity index (χ2v) is 3.41. The van der Waals surface area contributed by atoms with E-state index in [1.807, 2.05) is 0 Å². The van der Waals surface area contributed by atoms with Crippen LogP contribution in [-0.4, -0.2) is 28.1 Å². The Morgan fingerprint density at radius 2 is 2.45 bits per heavy atom. The first kappa shape index (κ1) is 9.58. The summed E-state index contributed by atoms with van der Waals surface area (Å²) in [5, 5.41) is 0. The van der Waals surface area contributed by atoms with Crippen LogP contribution in [0.2, 0.25) is 0 Å². The van der Waals surface area contributed by atoms with Gasteiger partial charge in [0.15, 0.2) is 5.67 Å². The maximum Gasteiger partial charge on any atom is 0.327 e. The minimum absolute atomic E-state index is 0.250. The summed E-state index contributed by atoms with van der Waals surface area (Å²) in [6, 6.07) is -0.431. The molecule has 0 aromatic carbocycles. The average molecular weight is 204 g/mol. The van der Waals surface area contributed by atoms with Crippen LogP contribution in [0, 0.1) is 0 Å². The van der Waals surface area contributed by atoms with Crippen molar-refractivity contribution in [3.05, 3.63) is 0 Å². The summed E-state index contributed by atoms with van der Waals surface area (Å²) >= 11 is 5.13. The Kier molecular flexibility index (Phi) is 3.02. The summed E-state index contributed by atoms with van der Waals surface area (Å²) < 4.78 is 17.3. The van der Waals surface area contributed by atoms with Gasteiger partial charge < -0.3 is 14.3 Å². The quantitative estimate of drug-likeness (QED) is 0.458. The van der Waals surface area contributed by atoms with Gasteiger partial charge in [-0.15, -0.1) is 0 Å². The number of nitrogens with one attached hydrogen (secondary N) is 1. The van der Waals surface area contributed by atoms with E-state index in [1.54, 1.807) is 0 Å². The molecule has 0 heterocycles. The summed E-state index contributed by atoms with van der Waals surface area (Å²) in [5.41, 5.74) is -1.52. The number of hydrogen-bond donors (Lipinski definition) is 3. The van der Waals surface area contributed by atoms with Gasteiger partial charge in [-0.3, -0.25) is 0 Å². The molecule has 7 heteroatoms. The van der Waals surface area contributed by atoms with E-state index >= 15 is 0 Å². The Morgan fingerprint density at radius 1 is 1.82 bits per heavy atom. The first-order chi connectivity index (χ1) is 5.08. The minimum Gasteiger partial charge on any atom is -0.328 e. The van der Waals surface area contributed by atoms with Gasteiger partial charge in [0.05, 0.1) is 12.6 Å². The third-order valence-corrected chi connectivity index (χ3v) is 2.18. The molecule has 0 saturated heterocycles. The maximum absolute atomic E-state index is 13.0. The number of halogens is 2. The monoisotopic (exact) mass is 203 g/mol. The lowest BCUT2D eigenvalue weighted by atomic mass is 10.4. The summed E-state index contributed by atoms with van der Waals surface area (Å²) in [6.07, 6.45) is 0.250. The van der Waals surface area contributed by atoms with Crippen molar-refractivity contribution in [2.24, 2.45) is 0 Å². The number of alkyl halides is 1. The van der Waals surface area contributed by atoms with Crippen molar-refractivity contribution >= 4 is 20.4 Å². The van der Waals surface area contributed by atoms with Crippen LogP contribution in [0.4, 0.5) is 4.39 Å². The molecular weight excluding hydrogens is 195 g/mol. The Balaban J connectivity index is 2.18. The van der Waals surface area contributed by atoms with Crippen molar-refractivity contribution in [3.8, 4) is 0 Å². The Labute approximate surface area is 69.4 Å². The van der Waals surface area contributed by atoms with Crippen LogP contribution in [0.3, 0.4) is 0 Å². The summed E-state index contributed by atoms with van der Waals surface area (Å²) in [5.74, 6) is 0. The van der Waals surface area contributed by atoms with Crippen LogP contribution in [0.25, 0.3) is 0 Å². The molecule has 0 aliphatic heterocycles. The van der Waals surface area contributed by atoms with Crippen molar-refractivity contribution in [1.29, 1.82) is 0 Å². The zero-order valence-electron chi connectivity index (χ0n) is 5.50. The zero-order valence-corrected chi connectivity index (χ0v) is 7.15. The highest BCUT2D eigenvalue weighted by Crippen LogP contribution is 2.43. The molecule has 11 heavy (non-hydrogen) atoms. The lowest BCUT2D eigenvalue weighted by molar-refractivity contribution is 0.153. The van der Waals surface area contributed by atoms with E-state index in [0.717, 1.165) is 0 Å². The van der Waals surface area contributed by atoms with Gasteiger partial charge in [-0.2, -0.15) is 0 Å². The SMILES string of the molecule is OP(O)OC[C@@]1(F)C[C@@H]1NCl. The molecule has 0 bridgehead atoms. The molecule has 4 nitrogen and oxygen atoms in total. The zero-order chi connectivity index (χ0) is 8.48. The van der Waals surface area contributed by atoms with Crippen LogP contribution >= 0.6 is 20.4 Å². The normalized spacial score (nSPS) is 36.3. The van der Waals surface area contributed by atoms with E-state index in [9.17, 15) is 4.39 Å². The molecule has 1 fully saturated rings. The highest BCUT2D eigenvalue weighted by molar-refractivity contribution is 7.39. The molecule has 66 valence electrons. The molecule has 0 radical (unpaired) electrons. The highest BCUT2D eigenvalue weighted by atomic mass is 35.5. The molecule has 1 rings (SSSR count). The fourth-order valence-corrected chi connectivity index (χ4v) is 1.34. The lowest BCUT2D eigenvalue weighted by Crippen LogP contribution is -2.20. The van der Waals surface area contributed by atoms with Crippen molar-refractivity contribution in [2.75, 3.05) is 6.61 Å². The van der Waals surface area contributed by atoms with Gasteiger partial charge in [-0.25, -0.2) is 9.23 Å². The molecule has 0 aromatic heterocycles. The minimum atomic E-state index is -2.46. The fourth-order valence-electron chi connectivity index (χ4n) is 0.741. The van der Waals surface area contributed by atoms with Gasteiger partial charge in [0.2, 0.25) is 0 Å². The maximum atomic E-state index is 13.0. The van der Waals surface area contributed by atoms with Gasteiger partial charge in [0.1, 0.15) is 0 Å². The molecular formula is C4H8ClFNO3P. The third kappa shape index (κ3) is 2.47. The highest BCUT2D eigenvalue weighted by Gasteiger charge is 2.56. The van der Waals surface area contributed by atoms with Crippen LogP contribution in [0.1, 0.15) is 6.42 Å². The number of rotatable bonds is 4. The Hall–Kier alpha value is 0.490. The van der Waals surface area contributed by atoms with E-state index in [0.29, 0.717) is 0 Å². The molecule has 1 aliphatic rings. The van der Waals surface area contributed by atoms with Crippen molar-refractivity contribution in [3.63, 3.8) is 0 Å². The largest absolute Gasteiger partial charge is 0.328 e. The average Bonchev–Trinajstić information content (AvgIpc) is 2.59. The second-order valence-electron chi connectivity index (χ2n) is 2.43. The molecule has 0 spiro atoms. The predicted molar refractivity (Wildman–Crippen MR) is 38.5 cm³/mol. The summed E-state index contributed by atoms with van der Waals surface area (Å²) in [6.45, 7) is -0.323. The van der Waals surface area contributed by atoms with Gasteiger partial charge in [0.25, 0.3) is 0 Å². The van der Waals surface area contributed by atoms with E-state index in [4.69, 9.17) is 21.6 Å². The topological polar surface area (TPSA) is 61.7 Å². The molecule has 2 atom stereocenters. The van der Waals surface area contributed by atoms with Crippen molar-refractivity contribution < 1.29 is 18.7 Å². The van der Waals surface area contributed by atoms with Gasteiger partial charge >= 0.3 is 8.60 Å². The van der Waals surface area contributed by atoms with Crippen LogP contribution in [0.15, 0.2) is 0 Å². The molecule has 1 aliphatic carbocycles. The molecule has 1 saturated carbocycles. The van der Waals surface area contributed by atoms with Crippen LogP contribution in [0.5, 0.6) is 0 Å². The fraction of sp³-hybridized carbons (Fsp3) is 1.00. The predicted octanol–water partition coefficient (Wildman–Crippen LogP) is 0.439. The first-order valence-corrected chi connectivity index (χ1v) is 4.49. The van der Waals surface area contributed by atoms with Crippen LogP contribution < -0.4 is 4.84 Å². The van der Waals surface area contributed by atoms with Gasteiger partial charge in [-0.1, -0.05) is 0 Å². The molecule has 3 N–H and O–H groups in total. The molecule has 0 unspecified atom stereocenters. The summed E-state index contributed by atoms with van der Waals surface area (Å²) in [7, 11) is -2.46. The van der Waals surface area contributed by atoms with Gasteiger partial charge in [-0.05, 0) is 11.8 Å². The van der Waals surface area contributed by atoms with Crippen molar-refractivity contribution in [2.45, 2.75) is 18.1 Å². The van der Waals surface area contributed by atoms with Gasteiger partial charge in [0, 0.05) is 6.42 Å². The lowest BCUT2D eigenvalue weighted by Gasteiger charge is -2.07. The van der Waals surface area contributed by atoms with E-state index in [-0.39, 0.29) is 13.0 Å². The third-order valence-electron chi connectivity index (χ3n) is 1.56. The summed E-state index contributed by atoms with van der Waals surface area (Å²) in [4.78, 5) is 18.8. The second kappa shape index (κ2) is 3.47. The van der Waals surface area contributed by atoms with E-state index < -0.39 is 20.3 Å². The van der Waals surface area contributed by atoms with E-state index in [1.165, 1.54) is 0 Å². The molecule has 0 amide bonds. The smallest absolute Gasteiger partial charge is 0.327 e. The Morgan fingerprint density at radius 3 is 2.82 bits per heavy atom. The number of hydrogen-bond acceptors (Lipinski definition) is 4. The van der Waals surface area contributed by atoms with Crippen LogP contribution in [-0.2, 0) is 4.52 Å². The molecule has 0 aromatic rings. The Bertz CT molecular complexity index is 151. The van der Waals surface area contributed by atoms with E-state index in [2.05, 4.69) is 9.36 Å². The first-order valence-electron chi connectivity index (χ1n) is 2.94. The standard InChI is InChI=1S/C4H8ClFNO3P/c5-7-3-1-4(3,6)2-10-11(8)9/h3,7-9H,1-2H2/t3-,4-/m0/s1.